The number of carbonyl (C=O) groups excluding carboxylic acids is 1. The molecule has 0 aliphatic carbocycles. The van der Waals surface area contributed by atoms with Crippen molar-refractivity contribution in [2.45, 2.75) is 0 Å². The molecule has 176 valence electrons. The molecule has 12 heteroatoms. The second-order valence-corrected chi connectivity index (χ2v) is 8.45. The number of anilines is 4. The van der Waals surface area contributed by atoms with Gasteiger partial charge in [-0.2, -0.15) is 4.98 Å². The summed E-state index contributed by atoms with van der Waals surface area (Å²) in [5.74, 6) is -1.79. The van der Waals surface area contributed by atoms with Gasteiger partial charge in [-0.3, -0.25) is 9.69 Å². The first-order valence-electron chi connectivity index (χ1n) is 10.4. The molecule has 5 rings (SSSR count). The molecule has 0 bridgehead atoms. The maximum Gasteiger partial charge on any atom is 0.268 e. The first kappa shape index (κ1) is 22.6. The van der Waals surface area contributed by atoms with E-state index in [0.29, 0.717) is 41.9 Å². The number of amides is 1. The van der Waals surface area contributed by atoms with Crippen LogP contribution in [0.4, 0.5) is 31.8 Å². The van der Waals surface area contributed by atoms with Gasteiger partial charge in [-0.25, -0.2) is 13.8 Å². The van der Waals surface area contributed by atoms with Crippen LogP contribution in [-0.2, 0) is 0 Å². The molecule has 0 radical (unpaired) electrons. The van der Waals surface area contributed by atoms with Crippen molar-refractivity contribution in [2.24, 2.45) is 0 Å². The van der Waals surface area contributed by atoms with Gasteiger partial charge in [-0.1, -0.05) is 29.3 Å². The monoisotopic (exact) mass is 506 g/mol. The Kier molecular flexibility index (Phi) is 6.11. The molecule has 0 atom stereocenters. The first-order chi connectivity index (χ1) is 16.4. The Labute approximate surface area is 203 Å². The van der Waals surface area contributed by atoms with Gasteiger partial charge in [0.25, 0.3) is 5.91 Å². The van der Waals surface area contributed by atoms with E-state index in [1.54, 1.807) is 23.1 Å². The van der Waals surface area contributed by atoms with E-state index in [1.807, 2.05) is 0 Å². The van der Waals surface area contributed by atoms with Gasteiger partial charge in [-0.05, 0) is 24.3 Å². The lowest BCUT2D eigenvalue weighted by Crippen LogP contribution is -2.44. The summed E-state index contributed by atoms with van der Waals surface area (Å²) in [6, 6.07) is 7.24. The van der Waals surface area contributed by atoms with E-state index in [9.17, 15) is 13.6 Å². The molecular weight excluding hydrogens is 489 g/mol. The van der Waals surface area contributed by atoms with E-state index in [-0.39, 0.29) is 35.5 Å². The molecule has 3 heterocycles. The second kappa shape index (κ2) is 9.21. The van der Waals surface area contributed by atoms with Crippen molar-refractivity contribution in [3.63, 3.8) is 0 Å². The van der Waals surface area contributed by atoms with Crippen molar-refractivity contribution in [2.75, 3.05) is 48.0 Å². The van der Waals surface area contributed by atoms with Crippen LogP contribution >= 0.6 is 23.2 Å². The number of rotatable bonds is 4. The average Bonchev–Trinajstić information content (AvgIpc) is 2.80. The molecule has 2 aromatic carbocycles. The number of hydrogen-bond donors (Lipinski definition) is 2. The summed E-state index contributed by atoms with van der Waals surface area (Å²) in [7, 11) is 0. The van der Waals surface area contributed by atoms with Crippen LogP contribution in [-0.4, -0.2) is 48.8 Å². The van der Waals surface area contributed by atoms with Crippen LogP contribution < -0.4 is 25.2 Å². The third-order valence-corrected chi connectivity index (χ3v) is 6.08. The number of carbonyl (C=O) groups is 1. The summed E-state index contributed by atoms with van der Waals surface area (Å²) < 4.78 is 35.1. The smallest absolute Gasteiger partial charge is 0.268 e. The molecule has 2 N–H and O–H groups in total. The van der Waals surface area contributed by atoms with E-state index in [0.717, 1.165) is 0 Å². The third kappa shape index (κ3) is 4.20. The number of nitrogens with one attached hydrogen (secondary N) is 2. The van der Waals surface area contributed by atoms with E-state index in [4.69, 9.17) is 27.9 Å². The van der Waals surface area contributed by atoms with Crippen LogP contribution in [0.3, 0.4) is 0 Å². The fraction of sp³-hybridized carbons (Fsp3) is 0.227. The van der Waals surface area contributed by atoms with Crippen molar-refractivity contribution in [1.29, 1.82) is 0 Å². The largest absolute Gasteiger partial charge is 0.455 e. The van der Waals surface area contributed by atoms with Gasteiger partial charge in [0, 0.05) is 38.1 Å². The van der Waals surface area contributed by atoms with Crippen molar-refractivity contribution in [3.05, 3.63) is 63.8 Å². The zero-order chi connectivity index (χ0) is 23.8. The zero-order valence-corrected chi connectivity index (χ0v) is 19.1. The highest BCUT2D eigenvalue weighted by Gasteiger charge is 2.31. The molecule has 0 spiro atoms. The minimum atomic E-state index is -0.693. The molecular formula is C22H18Cl2F2N6O2. The van der Waals surface area contributed by atoms with E-state index >= 15 is 0 Å². The lowest BCUT2D eigenvalue weighted by atomic mass is 10.2. The van der Waals surface area contributed by atoms with Gasteiger partial charge in [0.2, 0.25) is 11.8 Å². The fourth-order valence-electron chi connectivity index (χ4n) is 3.88. The lowest BCUT2D eigenvalue weighted by molar-refractivity contribution is 0.0932. The third-order valence-electron chi connectivity index (χ3n) is 5.47. The van der Waals surface area contributed by atoms with Gasteiger partial charge in [0.1, 0.15) is 11.3 Å². The Morgan fingerprint density at radius 1 is 1.06 bits per heavy atom. The average molecular weight is 507 g/mol. The van der Waals surface area contributed by atoms with Crippen molar-refractivity contribution < 1.29 is 18.3 Å². The Balaban J connectivity index is 1.37. The number of hydrogen-bond acceptors (Lipinski definition) is 7. The Hall–Kier alpha value is -3.21. The number of piperazine rings is 1. The summed E-state index contributed by atoms with van der Waals surface area (Å²) in [6.07, 6.45) is 1.27. The molecule has 0 saturated carbocycles. The number of benzene rings is 2. The highest BCUT2D eigenvalue weighted by Crippen LogP contribution is 2.37. The zero-order valence-electron chi connectivity index (χ0n) is 17.6. The minimum absolute atomic E-state index is 0.0181. The second-order valence-electron chi connectivity index (χ2n) is 7.64. The molecule has 0 unspecified atom stereocenters. The molecule has 2 aliphatic rings. The summed E-state index contributed by atoms with van der Waals surface area (Å²) in [5.41, 5.74) is 0.476. The Morgan fingerprint density at radius 2 is 1.74 bits per heavy atom. The number of nitrogens with zero attached hydrogens (tertiary/aromatic N) is 4. The molecule has 8 nitrogen and oxygen atoms in total. The number of para-hydroxylation sites is 1. The Morgan fingerprint density at radius 3 is 2.41 bits per heavy atom. The van der Waals surface area contributed by atoms with E-state index in [1.165, 1.54) is 23.2 Å². The standard InChI is InChI=1S/C22H18Cl2F2N6O2/c23-14-2-1-3-15(24)18(14)32-11-34-20-13(21(32)33)10-28-22(30-20)29-12-8-16(25)19(17(26)9-12)31-6-4-27-5-7-31/h1-3,8-10,27H,4-7,11H2,(H,28,29,30). The SMILES string of the molecule is O=C1c2cnc(Nc3cc(F)c(N4CCNCC4)c(F)c3)nc2OCN1c1c(Cl)cccc1Cl. The predicted octanol–water partition coefficient (Wildman–Crippen LogP) is 4.21. The number of ether oxygens (including phenoxy) is 1. The van der Waals surface area contributed by atoms with Gasteiger partial charge in [-0.15, -0.1) is 0 Å². The maximum atomic E-state index is 14.7. The number of fused-ring (bicyclic) bond motifs is 1. The van der Waals surface area contributed by atoms with Crippen LogP contribution in [0.2, 0.25) is 10.0 Å². The first-order valence-corrected chi connectivity index (χ1v) is 11.2. The molecule has 3 aromatic rings. The predicted molar refractivity (Wildman–Crippen MR) is 126 cm³/mol. The van der Waals surface area contributed by atoms with Crippen LogP contribution in [0.25, 0.3) is 0 Å². The van der Waals surface area contributed by atoms with E-state index < -0.39 is 17.5 Å². The number of halogens is 4. The molecule has 34 heavy (non-hydrogen) atoms. The molecule has 1 saturated heterocycles. The minimum Gasteiger partial charge on any atom is -0.455 e. The van der Waals surface area contributed by atoms with Crippen molar-refractivity contribution in [1.82, 2.24) is 15.3 Å². The van der Waals surface area contributed by atoms with Crippen LogP contribution in [0.15, 0.2) is 36.5 Å². The van der Waals surface area contributed by atoms with Crippen LogP contribution in [0.1, 0.15) is 10.4 Å². The number of aromatic nitrogens is 2. The quantitative estimate of drug-likeness (QED) is 0.548. The summed E-state index contributed by atoms with van der Waals surface area (Å²) in [5, 5.41) is 6.49. The normalized spacial score (nSPS) is 15.7. The van der Waals surface area contributed by atoms with Crippen LogP contribution in [0, 0.1) is 11.6 Å². The van der Waals surface area contributed by atoms with E-state index in [2.05, 4.69) is 20.6 Å². The lowest BCUT2D eigenvalue weighted by Gasteiger charge is -2.30. The van der Waals surface area contributed by atoms with Crippen LogP contribution in [0.5, 0.6) is 5.88 Å². The molecule has 1 amide bonds. The summed E-state index contributed by atoms with van der Waals surface area (Å²) in [6.45, 7) is 2.16. The van der Waals surface area contributed by atoms with Gasteiger partial charge in [0.05, 0.1) is 15.7 Å². The topological polar surface area (TPSA) is 82.6 Å². The Bertz CT molecular complexity index is 1230. The molecule has 1 fully saturated rings. The highest BCUT2D eigenvalue weighted by atomic mass is 35.5. The van der Waals surface area contributed by atoms with Gasteiger partial charge >= 0.3 is 0 Å². The summed E-state index contributed by atoms with van der Waals surface area (Å²) in [4.78, 5) is 24.2. The fourth-order valence-corrected chi connectivity index (χ4v) is 4.48. The van der Waals surface area contributed by atoms with Crippen molar-refractivity contribution in [3.8, 4) is 5.88 Å². The molecule has 1 aromatic heterocycles. The van der Waals surface area contributed by atoms with Crippen molar-refractivity contribution >= 4 is 52.1 Å². The maximum absolute atomic E-state index is 14.7. The van der Waals surface area contributed by atoms with Gasteiger partial charge in [0.15, 0.2) is 18.4 Å². The molecule has 2 aliphatic heterocycles. The highest BCUT2D eigenvalue weighted by molar-refractivity contribution is 6.40. The van der Waals surface area contributed by atoms with Gasteiger partial charge < -0.3 is 20.3 Å². The summed E-state index contributed by atoms with van der Waals surface area (Å²) >= 11 is 12.4.